The second kappa shape index (κ2) is 7.47. The number of hydrogen-bond donors (Lipinski definition) is 1. The molecule has 0 saturated carbocycles. The smallest absolute Gasteiger partial charge is 0.251 e. The average molecular weight is 300 g/mol. The van der Waals surface area contributed by atoms with Gasteiger partial charge in [0.15, 0.2) is 0 Å². The summed E-state index contributed by atoms with van der Waals surface area (Å²) in [4.78, 5) is 11.9. The molecule has 0 amide bonds. The van der Waals surface area contributed by atoms with E-state index in [-0.39, 0.29) is 5.56 Å². The summed E-state index contributed by atoms with van der Waals surface area (Å²) in [6.07, 6.45) is 5.51. The molecular formula is C17H20N2O3. The molecule has 1 aromatic heterocycles. The number of hydrogen-bond acceptors (Lipinski definition) is 4. The van der Waals surface area contributed by atoms with Crippen molar-refractivity contribution in [3.63, 3.8) is 0 Å². The Balaban J connectivity index is 2.28. The predicted octanol–water partition coefficient (Wildman–Crippen LogP) is 1.99. The quantitative estimate of drug-likeness (QED) is 0.886. The maximum atomic E-state index is 11.9. The molecule has 0 aliphatic heterocycles. The maximum Gasteiger partial charge on any atom is 0.251 e. The molecule has 0 aliphatic rings. The van der Waals surface area contributed by atoms with Gasteiger partial charge in [-0.05, 0) is 29.8 Å². The van der Waals surface area contributed by atoms with Gasteiger partial charge in [0.1, 0.15) is 11.5 Å². The Morgan fingerprint density at radius 2 is 1.95 bits per heavy atom. The van der Waals surface area contributed by atoms with E-state index in [4.69, 9.17) is 15.2 Å². The van der Waals surface area contributed by atoms with Crippen molar-refractivity contribution in [2.24, 2.45) is 5.73 Å². The summed E-state index contributed by atoms with van der Waals surface area (Å²) in [5.41, 5.74) is 7.10. The van der Waals surface area contributed by atoms with Gasteiger partial charge in [0.05, 0.1) is 14.2 Å². The fourth-order valence-corrected chi connectivity index (χ4v) is 2.11. The van der Waals surface area contributed by atoms with E-state index in [0.717, 1.165) is 22.6 Å². The molecule has 0 saturated heterocycles. The van der Waals surface area contributed by atoms with Crippen molar-refractivity contribution in [1.29, 1.82) is 0 Å². The third-order valence-corrected chi connectivity index (χ3v) is 3.28. The highest BCUT2D eigenvalue weighted by Gasteiger charge is 2.02. The first kappa shape index (κ1) is 15.9. The number of benzene rings is 1. The highest BCUT2D eigenvalue weighted by molar-refractivity contribution is 5.73. The predicted molar refractivity (Wildman–Crippen MR) is 88.2 cm³/mol. The van der Waals surface area contributed by atoms with Crippen LogP contribution in [0.4, 0.5) is 0 Å². The maximum absolute atomic E-state index is 11.9. The lowest BCUT2D eigenvalue weighted by Crippen LogP contribution is -2.22. The van der Waals surface area contributed by atoms with Crippen LogP contribution in [-0.4, -0.2) is 25.3 Å². The number of ether oxygens (including phenoxy) is 2. The molecule has 1 heterocycles. The van der Waals surface area contributed by atoms with E-state index in [1.165, 1.54) is 0 Å². The molecule has 1 aromatic carbocycles. The fraction of sp³-hybridized carbons (Fsp3) is 0.235. The Hall–Kier alpha value is -2.53. The van der Waals surface area contributed by atoms with Crippen LogP contribution in [0.15, 0.2) is 41.3 Å². The van der Waals surface area contributed by atoms with Crippen LogP contribution in [0.2, 0.25) is 0 Å². The van der Waals surface area contributed by atoms with Gasteiger partial charge < -0.3 is 19.8 Å². The minimum Gasteiger partial charge on any atom is -0.497 e. The lowest BCUT2D eigenvalue weighted by molar-refractivity contribution is 0.402. The summed E-state index contributed by atoms with van der Waals surface area (Å²) in [5.74, 6) is 1.49. The molecule has 5 nitrogen and oxygen atoms in total. The second-order valence-corrected chi connectivity index (χ2v) is 4.72. The minimum atomic E-state index is -0.0646. The Kier molecular flexibility index (Phi) is 5.38. The van der Waals surface area contributed by atoms with Crippen LogP contribution < -0.4 is 20.8 Å². The van der Waals surface area contributed by atoms with Crippen LogP contribution in [0.1, 0.15) is 11.1 Å². The first-order valence-electron chi connectivity index (χ1n) is 6.98. The van der Waals surface area contributed by atoms with E-state index in [9.17, 15) is 4.79 Å². The minimum absolute atomic E-state index is 0.0646. The first-order chi connectivity index (χ1) is 10.7. The van der Waals surface area contributed by atoms with Gasteiger partial charge in [-0.15, -0.1) is 0 Å². The Morgan fingerprint density at radius 1 is 1.14 bits per heavy atom. The molecule has 0 spiro atoms. The van der Waals surface area contributed by atoms with Crippen LogP contribution >= 0.6 is 0 Å². The van der Waals surface area contributed by atoms with Crippen LogP contribution in [-0.2, 0) is 6.54 Å². The number of nitrogens with zero attached hydrogens (tertiary/aromatic N) is 1. The van der Waals surface area contributed by atoms with Crippen molar-refractivity contribution in [2.45, 2.75) is 6.54 Å². The molecule has 5 heteroatoms. The van der Waals surface area contributed by atoms with E-state index in [0.29, 0.717) is 13.1 Å². The molecular weight excluding hydrogens is 280 g/mol. The van der Waals surface area contributed by atoms with Crippen molar-refractivity contribution >= 4 is 12.2 Å². The molecule has 2 N–H and O–H groups in total. The van der Waals surface area contributed by atoms with Crippen molar-refractivity contribution in [3.8, 4) is 11.5 Å². The molecule has 0 unspecified atom stereocenters. The van der Waals surface area contributed by atoms with Gasteiger partial charge in [0, 0.05) is 30.9 Å². The van der Waals surface area contributed by atoms with Crippen molar-refractivity contribution in [2.75, 3.05) is 20.8 Å². The van der Waals surface area contributed by atoms with E-state index in [1.807, 2.05) is 36.4 Å². The normalized spacial score (nSPS) is 10.9. The van der Waals surface area contributed by atoms with E-state index in [1.54, 1.807) is 31.0 Å². The molecule has 0 radical (unpaired) electrons. The lowest BCUT2D eigenvalue weighted by Gasteiger charge is -2.07. The summed E-state index contributed by atoms with van der Waals surface area (Å²) >= 11 is 0. The van der Waals surface area contributed by atoms with E-state index >= 15 is 0 Å². The SMILES string of the molecule is COc1ccc(OC)c(/C=C/c2ccn(CCN)c(=O)c2)c1. The van der Waals surface area contributed by atoms with Crippen LogP contribution in [0.5, 0.6) is 11.5 Å². The molecule has 22 heavy (non-hydrogen) atoms. The molecule has 0 bridgehead atoms. The number of rotatable bonds is 6. The number of aromatic nitrogens is 1. The molecule has 0 fully saturated rings. The number of pyridine rings is 1. The largest absolute Gasteiger partial charge is 0.497 e. The monoisotopic (exact) mass is 300 g/mol. The lowest BCUT2D eigenvalue weighted by atomic mass is 10.1. The Bertz CT molecular complexity index is 720. The summed E-state index contributed by atoms with van der Waals surface area (Å²) in [7, 11) is 3.24. The van der Waals surface area contributed by atoms with Crippen molar-refractivity contribution < 1.29 is 9.47 Å². The topological polar surface area (TPSA) is 66.5 Å². The van der Waals surface area contributed by atoms with Gasteiger partial charge in [0.25, 0.3) is 5.56 Å². The van der Waals surface area contributed by atoms with Gasteiger partial charge in [0.2, 0.25) is 0 Å². The number of methoxy groups -OCH3 is 2. The third kappa shape index (κ3) is 3.77. The Morgan fingerprint density at radius 3 is 2.59 bits per heavy atom. The Labute approximate surface area is 129 Å². The highest BCUT2D eigenvalue weighted by atomic mass is 16.5. The first-order valence-corrected chi connectivity index (χ1v) is 6.98. The van der Waals surface area contributed by atoms with Crippen LogP contribution in [0.3, 0.4) is 0 Å². The van der Waals surface area contributed by atoms with Crippen molar-refractivity contribution in [3.05, 3.63) is 58.0 Å². The van der Waals surface area contributed by atoms with Crippen LogP contribution in [0.25, 0.3) is 12.2 Å². The summed E-state index contributed by atoms with van der Waals surface area (Å²) in [5, 5.41) is 0. The molecule has 0 aliphatic carbocycles. The number of nitrogens with two attached hydrogens (primary N) is 1. The fourth-order valence-electron chi connectivity index (χ4n) is 2.11. The van der Waals surface area contributed by atoms with Gasteiger partial charge in [-0.25, -0.2) is 0 Å². The van der Waals surface area contributed by atoms with E-state index in [2.05, 4.69) is 0 Å². The molecule has 0 atom stereocenters. The van der Waals surface area contributed by atoms with Gasteiger partial charge in [-0.3, -0.25) is 4.79 Å². The van der Waals surface area contributed by atoms with Gasteiger partial charge in [-0.1, -0.05) is 12.2 Å². The zero-order chi connectivity index (χ0) is 15.9. The van der Waals surface area contributed by atoms with Gasteiger partial charge >= 0.3 is 0 Å². The summed E-state index contributed by atoms with van der Waals surface area (Å²) in [6, 6.07) is 9.02. The van der Waals surface area contributed by atoms with E-state index < -0.39 is 0 Å². The molecule has 2 rings (SSSR count). The highest BCUT2D eigenvalue weighted by Crippen LogP contribution is 2.25. The zero-order valence-corrected chi connectivity index (χ0v) is 12.8. The summed E-state index contributed by atoms with van der Waals surface area (Å²) < 4.78 is 12.1. The van der Waals surface area contributed by atoms with Gasteiger partial charge in [-0.2, -0.15) is 0 Å². The average Bonchev–Trinajstić information content (AvgIpc) is 2.55. The second-order valence-electron chi connectivity index (χ2n) is 4.72. The van der Waals surface area contributed by atoms with Crippen LogP contribution in [0, 0.1) is 0 Å². The third-order valence-electron chi connectivity index (χ3n) is 3.28. The molecule has 116 valence electrons. The zero-order valence-electron chi connectivity index (χ0n) is 12.8. The standard InChI is InChI=1S/C17H20N2O3/c1-21-15-5-6-16(22-2)14(12-15)4-3-13-7-9-19(10-8-18)17(20)11-13/h3-7,9,11-12H,8,10,18H2,1-2H3/b4-3+. The molecule has 2 aromatic rings. The van der Waals surface area contributed by atoms with Crippen molar-refractivity contribution in [1.82, 2.24) is 4.57 Å². The summed E-state index contributed by atoms with van der Waals surface area (Å²) in [6.45, 7) is 0.961.